The van der Waals surface area contributed by atoms with Gasteiger partial charge in [-0.3, -0.25) is 0 Å². The molecular formula is C63H96O4. The first-order valence-corrected chi connectivity index (χ1v) is 27.9. The van der Waals surface area contributed by atoms with Crippen molar-refractivity contribution in [3.8, 4) is 23.0 Å². The standard InChI is InChI=1S/C63H96O4/c1-7-10-13-16-19-22-25-28-37-54-40-31-34-43-61(54)65-51(4)48-57-46-47-60(64)59(50-53(6)67-63-45-36-33-42-56(63)39-30-27-24-21-18-15-12-9-3)58(57)49-52(5)66-62-44-35-32-41-55(62)38-29-26-23-20-17-14-11-8-2/h31-36,40-47,51-53,64H,7-30,37-39,48-50H2,1-6H3. The maximum Gasteiger partial charge on any atom is 0.122 e. The first kappa shape index (κ1) is 55.7. The number of rotatable bonds is 39. The molecule has 0 aromatic heterocycles. The summed E-state index contributed by atoms with van der Waals surface area (Å²) in [5.74, 6) is 3.27. The van der Waals surface area contributed by atoms with Gasteiger partial charge in [0, 0.05) is 24.8 Å². The molecule has 0 saturated carbocycles. The Morgan fingerprint density at radius 2 is 0.627 bits per heavy atom. The maximum absolute atomic E-state index is 11.7. The van der Waals surface area contributed by atoms with Crippen molar-refractivity contribution in [2.75, 3.05) is 0 Å². The lowest BCUT2D eigenvalue weighted by molar-refractivity contribution is 0.208. The molecule has 4 nitrogen and oxygen atoms in total. The lowest BCUT2D eigenvalue weighted by atomic mass is 9.90. The summed E-state index contributed by atoms with van der Waals surface area (Å²) in [5, 5.41) is 11.7. The Kier molecular flexibility index (Phi) is 28.6. The fourth-order valence-electron chi connectivity index (χ4n) is 9.89. The second-order valence-electron chi connectivity index (χ2n) is 20.1. The van der Waals surface area contributed by atoms with Crippen molar-refractivity contribution in [3.63, 3.8) is 0 Å². The molecule has 0 bridgehead atoms. The zero-order valence-corrected chi connectivity index (χ0v) is 43.7. The van der Waals surface area contributed by atoms with Gasteiger partial charge in [-0.05, 0) is 111 Å². The number of benzene rings is 4. The van der Waals surface area contributed by atoms with Crippen molar-refractivity contribution >= 4 is 0 Å². The van der Waals surface area contributed by atoms with Gasteiger partial charge in [-0.25, -0.2) is 0 Å². The number of para-hydroxylation sites is 3. The minimum absolute atomic E-state index is 0.0589. The smallest absolute Gasteiger partial charge is 0.122 e. The van der Waals surface area contributed by atoms with Crippen LogP contribution in [0.3, 0.4) is 0 Å². The van der Waals surface area contributed by atoms with Gasteiger partial charge in [0.05, 0.1) is 12.2 Å². The van der Waals surface area contributed by atoms with Crippen molar-refractivity contribution in [2.45, 2.75) is 252 Å². The molecule has 4 heteroatoms. The first-order chi connectivity index (χ1) is 32.8. The number of aromatic hydroxyl groups is 1. The van der Waals surface area contributed by atoms with Gasteiger partial charge < -0.3 is 19.3 Å². The highest BCUT2D eigenvalue weighted by atomic mass is 16.5. The molecule has 4 aromatic rings. The molecule has 0 aliphatic carbocycles. The molecule has 0 amide bonds. The molecule has 3 atom stereocenters. The molecule has 372 valence electrons. The Balaban J connectivity index is 1.48. The Labute approximate surface area is 411 Å². The van der Waals surface area contributed by atoms with E-state index in [1.165, 1.54) is 176 Å². The SMILES string of the molecule is CCCCCCCCCCc1ccccc1OC(C)Cc1ccc(O)c(CC(C)Oc2ccccc2CCCCCCCCCC)c1CC(C)Oc1ccccc1CCCCCCCCCC. The van der Waals surface area contributed by atoms with Crippen LogP contribution in [0.2, 0.25) is 0 Å². The molecule has 0 saturated heterocycles. The van der Waals surface area contributed by atoms with Crippen molar-refractivity contribution in [3.05, 3.63) is 118 Å². The highest BCUT2D eigenvalue weighted by Crippen LogP contribution is 2.33. The summed E-state index contributed by atoms with van der Waals surface area (Å²) in [7, 11) is 0. The van der Waals surface area contributed by atoms with Crippen molar-refractivity contribution in [2.24, 2.45) is 0 Å². The normalized spacial score (nSPS) is 12.8. The van der Waals surface area contributed by atoms with Crippen molar-refractivity contribution < 1.29 is 19.3 Å². The van der Waals surface area contributed by atoms with Gasteiger partial charge >= 0.3 is 0 Å². The Hall–Kier alpha value is -3.92. The molecule has 0 fully saturated rings. The van der Waals surface area contributed by atoms with Crippen LogP contribution >= 0.6 is 0 Å². The molecule has 0 aliphatic rings. The molecular weight excluding hydrogens is 821 g/mol. The van der Waals surface area contributed by atoms with Gasteiger partial charge in [0.1, 0.15) is 29.1 Å². The summed E-state index contributed by atoms with van der Waals surface area (Å²) >= 11 is 0. The fraction of sp³-hybridized carbons (Fsp3) is 0.619. The number of hydrogen-bond donors (Lipinski definition) is 1. The summed E-state index contributed by atoms with van der Waals surface area (Å²) in [5.41, 5.74) is 7.17. The van der Waals surface area contributed by atoms with Gasteiger partial charge in [0.25, 0.3) is 0 Å². The Bertz CT molecular complexity index is 1860. The second kappa shape index (κ2) is 34.4. The van der Waals surface area contributed by atoms with Crippen molar-refractivity contribution in [1.82, 2.24) is 0 Å². The van der Waals surface area contributed by atoms with Crippen molar-refractivity contribution in [1.29, 1.82) is 0 Å². The van der Waals surface area contributed by atoms with E-state index in [2.05, 4.69) is 120 Å². The lowest BCUT2D eigenvalue weighted by Crippen LogP contribution is -2.23. The number of phenols is 1. The third kappa shape index (κ3) is 22.4. The number of aryl methyl sites for hydroxylation is 3. The summed E-state index contributed by atoms with van der Waals surface area (Å²) < 4.78 is 20.5. The van der Waals surface area contributed by atoms with E-state index >= 15 is 0 Å². The Morgan fingerprint density at radius 1 is 0.328 bits per heavy atom. The average Bonchev–Trinajstić information content (AvgIpc) is 3.32. The zero-order chi connectivity index (χ0) is 47.7. The minimum Gasteiger partial charge on any atom is -0.508 e. The van der Waals surface area contributed by atoms with E-state index in [1.807, 2.05) is 6.07 Å². The van der Waals surface area contributed by atoms with E-state index in [9.17, 15) is 5.11 Å². The van der Waals surface area contributed by atoms with Gasteiger partial charge in [-0.1, -0.05) is 216 Å². The van der Waals surface area contributed by atoms with E-state index in [4.69, 9.17) is 14.2 Å². The first-order valence-electron chi connectivity index (χ1n) is 27.9. The van der Waals surface area contributed by atoms with Gasteiger partial charge in [-0.2, -0.15) is 0 Å². The van der Waals surface area contributed by atoms with Crippen LogP contribution in [0.4, 0.5) is 0 Å². The summed E-state index contributed by atoms with van der Waals surface area (Å²) in [6, 6.07) is 29.9. The fourth-order valence-corrected chi connectivity index (χ4v) is 9.89. The van der Waals surface area contributed by atoms with Crippen LogP contribution in [-0.2, 0) is 38.5 Å². The number of ether oxygens (including phenoxy) is 3. The minimum atomic E-state index is -0.139. The van der Waals surface area contributed by atoms with Gasteiger partial charge in [0.15, 0.2) is 0 Å². The van der Waals surface area contributed by atoms with Crippen LogP contribution in [0.15, 0.2) is 84.9 Å². The number of hydrogen-bond acceptors (Lipinski definition) is 4. The molecule has 4 rings (SSSR count). The van der Waals surface area contributed by atoms with Crippen LogP contribution in [0.5, 0.6) is 23.0 Å². The molecule has 0 spiro atoms. The molecule has 0 heterocycles. The number of unbranched alkanes of at least 4 members (excludes halogenated alkanes) is 21. The van der Waals surface area contributed by atoms with Crippen LogP contribution in [0.25, 0.3) is 0 Å². The summed E-state index contributed by atoms with van der Waals surface area (Å²) in [4.78, 5) is 0. The van der Waals surface area contributed by atoms with E-state index in [1.54, 1.807) is 0 Å². The predicted octanol–water partition coefficient (Wildman–Crippen LogP) is 18.5. The van der Waals surface area contributed by atoms with Crippen LogP contribution in [0.1, 0.15) is 229 Å². The third-order valence-electron chi connectivity index (χ3n) is 13.8. The Morgan fingerprint density at radius 3 is 0.985 bits per heavy atom. The maximum atomic E-state index is 11.7. The predicted molar refractivity (Wildman–Crippen MR) is 288 cm³/mol. The second-order valence-corrected chi connectivity index (χ2v) is 20.1. The van der Waals surface area contributed by atoms with E-state index in [0.717, 1.165) is 54.1 Å². The quantitative estimate of drug-likeness (QED) is 0.0453. The molecule has 0 aliphatic heterocycles. The highest BCUT2D eigenvalue weighted by Gasteiger charge is 2.22. The van der Waals surface area contributed by atoms with Crippen LogP contribution in [0, 0.1) is 0 Å². The van der Waals surface area contributed by atoms with Gasteiger partial charge in [0.2, 0.25) is 0 Å². The van der Waals surface area contributed by atoms with E-state index < -0.39 is 0 Å². The molecule has 67 heavy (non-hydrogen) atoms. The lowest BCUT2D eigenvalue weighted by Gasteiger charge is -2.25. The zero-order valence-electron chi connectivity index (χ0n) is 43.7. The molecule has 0 radical (unpaired) electrons. The van der Waals surface area contributed by atoms with Crippen LogP contribution < -0.4 is 14.2 Å². The third-order valence-corrected chi connectivity index (χ3v) is 13.8. The van der Waals surface area contributed by atoms with Gasteiger partial charge in [-0.15, -0.1) is 0 Å². The largest absolute Gasteiger partial charge is 0.508 e. The summed E-state index contributed by atoms with van der Waals surface area (Å²) in [6.45, 7) is 13.4. The monoisotopic (exact) mass is 917 g/mol. The molecule has 3 unspecified atom stereocenters. The number of phenolic OH excluding ortho intramolecular Hbond substituents is 1. The van der Waals surface area contributed by atoms with Crippen LogP contribution in [-0.4, -0.2) is 23.4 Å². The molecule has 4 aromatic carbocycles. The topological polar surface area (TPSA) is 47.9 Å². The molecule has 1 N–H and O–H groups in total. The highest BCUT2D eigenvalue weighted by molar-refractivity contribution is 5.46. The van der Waals surface area contributed by atoms with E-state index in [0.29, 0.717) is 18.6 Å². The summed E-state index contributed by atoms with van der Waals surface area (Å²) in [6.07, 6.45) is 36.3. The van der Waals surface area contributed by atoms with E-state index in [-0.39, 0.29) is 18.3 Å². The average molecular weight is 917 g/mol.